The third-order valence-electron chi connectivity index (χ3n) is 4.77. The van der Waals surface area contributed by atoms with Crippen molar-refractivity contribution in [1.29, 1.82) is 0 Å². The molecular formula is C24H17Br2N3O4. The van der Waals surface area contributed by atoms with Crippen LogP contribution in [-0.2, 0) is 4.79 Å². The topological polar surface area (TPSA) is 93.8 Å². The van der Waals surface area contributed by atoms with Crippen LogP contribution in [0, 0.1) is 0 Å². The predicted octanol–water partition coefficient (Wildman–Crippen LogP) is 5.32. The number of carbonyl (C=O) groups is 1. The molecule has 1 atom stereocenters. The standard InChI is InChI=1S/C24H17Br2N3O4/c1-14(24(31)32)33-21-18(25)11-15(12-19(21)26)13-27-29-22(16-7-3-2-4-8-16)28-20-10-6-5-9-17(20)23(29)30/h2-14H,1H3,(H,31,32)/t14-/m1/s1. The fourth-order valence-corrected chi connectivity index (χ4v) is 4.53. The Balaban J connectivity index is 1.79. The molecular weight excluding hydrogens is 554 g/mol. The van der Waals surface area contributed by atoms with Gasteiger partial charge in [-0.25, -0.2) is 9.78 Å². The van der Waals surface area contributed by atoms with E-state index >= 15 is 0 Å². The molecule has 0 amide bonds. The first-order valence-electron chi connectivity index (χ1n) is 9.85. The number of fused-ring (bicyclic) bond motifs is 1. The van der Waals surface area contributed by atoms with Crippen molar-refractivity contribution in [3.63, 3.8) is 0 Å². The van der Waals surface area contributed by atoms with E-state index in [9.17, 15) is 9.59 Å². The van der Waals surface area contributed by atoms with E-state index in [1.807, 2.05) is 36.4 Å². The number of hydrogen-bond acceptors (Lipinski definition) is 5. The number of benzene rings is 3. The maximum absolute atomic E-state index is 13.2. The lowest BCUT2D eigenvalue weighted by atomic mass is 10.2. The molecule has 0 saturated heterocycles. The second kappa shape index (κ2) is 9.68. The third kappa shape index (κ3) is 4.89. The Hall–Kier alpha value is -3.30. The maximum Gasteiger partial charge on any atom is 0.344 e. The van der Waals surface area contributed by atoms with Gasteiger partial charge in [-0.15, -0.1) is 0 Å². The van der Waals surface area contributed by atoms with Crippen molar-refractivity contribution in [1.82, 2.24) is 9.66 Å². The van der Waals surface area contributed by atoms with Gasteiger partial charge in [-0.2, -0.15) is 9.78 Å². The minimum Gasteiger partial charge on any atom is -0.479 e. The largest absolute Gasteiger partial charge is 0.479 e. The molecule has 0 aliphatic rings. The molecule has 3 aromatic carbocycles. The summed E-state index contributed by atoms with van der Waals surface area (Å²) in [6, 6.07) is 19.9. The van der Waals surface area contributed by atoms with E-state index in [-0.39, 0.29) is 5.56 Å². The number of hydrogen-bond donors (Lipinski definition) is 1. The minimum atomic E-state index is -1.07. The lowest BCUT2D eigenvalue weighted by Crippen LogP contribution is -2.23. The van der Waals surface area contributed by atoms with E-state index in [2.05, 4.69) is 41.9 Å². The molecule has 4 aromatic rings. The third-order valence-corrected chi connectivity index (χ3v) is 5.95. The van der Waals surface area contributed by atoms with Gasteiger partial charge < -0.3 is 9.84 Å². The van der Waals surface area contributed by atoms with Crippen LogP contribution in [0.4, 0.5) is 0 Å². The molecule has 0 aliphatic carbocycles. The van der Waals surface area contributed by atoms with Crippen LogP contribution in [-0.4, -0.2) is 33.1 Å². The van der Waals surface area contributed by atoms with E-state index in [1.165, 1.54) is 17.8 Å². The fraction of sp³-hybridized carbons (Fsp3) is 0.0833. The molecule has 0 unspecified atom stereocenters. The highest BCUT2D eigenvalue weighted by atomic mass is 79.9. The van der Waals surface area contributed by atoms with Crippen LogP contribution >= 0.6 is 31.9 Å². The second-order valence-electron chi connectivity index (χ2n) is 7.09. The normalized spacial score (nSPS) is 12.2. The number of rotatable bonds is 6. The summed E-state index contributed by atoms with van der Waals surface area (Å²) in [7, 11) is 0. The molecule has 33 heavy (non-hydrogen) atoms. The zero-order valence-electron chi connectivity index (χ0n) is 17.3. The van der Waals surface area contributed by atoms with E-state index in [4.69, 9.17) is 9.84 Å². The van der Waals surface area contributed by atoms with Crippen molar-refractivity contribution < 1.29 is 14.6 Å². The molecule has 0 radical (unpaired) electrons. The summed E-state index contributed by atoms with van der Waals surface area (Å²) in [5.74, 6) is -0.295. The van der Waals surface area contributed by atoms with Gasteiger partial charge in [-0.3, -0.25) is 4.79 Å². The summed E-state index contributed by atoms with van der Waals surface area (Å²) in [6.45, 7) is 1.45. The van der Waals surface area contributed by atoms with Gasteiger partial charge >= 0.3 is 5.97 Å². The average molecular weight is 571 g/mol. The highest BCUT2D eigenvalue weighted by Crippen LogP contribution is 2.35. The zero-order chi connectivity index (χ0) is 23.5. The first kappa shape index (κ1) is 22.9. The fourth-order valence-electron chi connectivity index (χ4n) is 3.12. The van der Waals surface area contributed by atoms with Crippen LogP contribution in [0.3, 0.4) is 0 Å². The molecule has 0 spiro atoms. The second-order valence-corrected chi connectivity index (χ2v) is 8.80. The number of carboxylic acid groups (broad SMARTS) is 1. The summed E-state index contributed by atoms with van der Waals surface area (Å²) in [5.41, 5.74) is 1.71. The summed E-state index contributed by atoms with van der Waals surface area (Å²) in [4.78, 5) is 29.0. The zero-order valence-corrected chi connectivity index (χ0v) is 20.4. The lowest BCUT2D eigenvalue weighted by molar-refractivity contribution is -0.144. The van der Waals surface area contributed by atoms with Crippen molar-refractivity contribution in [3.8, 4) is 17.1 Å². The predicted molar refractivity (Wildman–Crippen MR) is 134 cm³/mol. The highest BCUT2D eigenvalue weighted by molar-refractivity contribution is 9.11. The summed E-state index contributed by atoms with van der Waals surface area (Å²) < 4.78 is 7.85. The maximum atomic E-state index is 13.2. The molecule has 1 aromatic heterocycles. The SMILES string of the molecule is C[C@@H](Oc1c(Br)cc(C=Nn2c(-c3ccccc3)nc3ccccc3c2=O)cc1Br)C(=O)O. The van der Waals surface area contributed by atoms with E-state index in [1.54, 1.807) is 30.3 Å². The smallest absolute Gasteiger partial charge is 0.344 e. The van der Waals surface area contributed by atoms with Crippen molar-refractivity contribution in [3.05, 3.63) is 91.6 Å². The van der Waals surface area contributed by atoms with Gasteiger partial charge in [0.05, 0.1) is 26.1 Å². The van der Waals surface area contributed by atoms with Gasteiger partial charge in [0, 0.05) is 5.56 Å². The molecule has 7 nitrogen and oxygen atoms in total. The van der Waals surface area contributed by atoms with Crippen LogP contribution in [0.2, 0.25) is 0 Å². The van der Waals surface area contributed by atoms with E-state index < -0.39 is 12.1 Å². The molecule has 0 aliphatic heterocycles. The monoisotopic (exact) mass is 569 g/mol. The number of ether oxygens (including phenoxy) is 1. The number of aromatic nitrogens is 2. The molecule has 0 bridgehead atoms. The van der Waals surface area contributed by atoms with Gasteiger partial charge in [0.1, 0.15) is 5.75 Å². The van der Waals surface area contributed by atoms with Crippen LogP contribution in [0.5, 0.6) is 5.75 Å². The van der Waals surface area contributed by atoms with Gasteiger partial charge in [-0.05, 0) is 68.6 Å². The molecule has 0 saturated carbocycles. The molecule has 4 rings (SSSR count). The van der Waals surface area contributed by atoms with E-state index in [0.717, 1.165) is 5.56 Å². The van der Waals surface area contributed by atoms with Crippen LogP contribution in [0.1, 0.15) is 12.5 Å². The number of halogens is 2. The van der Waals surface area contributed by atoms with Crippen molar-refractivity contribution in [2.45, 2.75) is 13.0 Å². The van der Waals surface area contributed by atoms with Gasteiger partial charge in [-0.1, -0.05) is 42.5 Å². The van der Waals surface area contributed by atoms with Crippen molar-refractivity contribution >= 4 is 54.9 Å². The molecule has 9 heteroatoms. The van der Waals surface area contributed by atoms with E-state index in [0.29, 0.717) is 37.0 Å². The Bertz CT molecular complexity index is 1410. The van der Waals surface area contributed by atoms with Crippen molar-refractivity contribution in [2.75, 3.05) is 0 Å². The van der Waals surface area contributed by atoms with Gasteiger partial charge in [0.2, 0.25) is 0 Å². The van der Waals surface area contributed by atoms with Crippen molar-refractivity contribution in [2.24, 2.45) is 5.10 Å². The lowest BCUT2D eigenvalue weighted by Gasteiger charge is -2.14. The summed E-state index contributed by atoms with van der Waals surface area (Å²) >= 11 is 6.82. The molecule has 0 fully saturated rings. The summed E-state index contributed by atoms with van der Waals surface area (Å²) in [5, 5.41) is 14.0. The Morgan fingerprint density at radius 2 is 1.73 bits per heavy atom. The van der Waals surface area contributed by atoms with Crippen LogP contribution < -0.4 is 10.3 Å². The van der Waals surface area contributed by atoms with Gasteiger partial charge in [0.25, 0.3) is 5.56 Å². The Labute approximate surface area is 205 Å². The van der Waals surface area contributed by atoms with Crippen LogP contribution in [0.25, 0.3) is 22.3 Å². The Morgan fingerprint density at radius 3 is 2.39 bits per heavy atom. The minimum absolute atomic E-state index is 0.288. The van der Waals surface area contributed by atoms with Crippen LogP contribution in [0.15, 0.2) is 85.6 Å². The number of nitrogens with zero attached hydrogens (tertiary/aromatic N) is 3. The number of aliphatic carboxylic acids is 1. The molecule has 166 valence electrons. The average Bonchev–Trinajstić information content (AvgIpc) is 2.81. The first-order valence-corrected chi connectivity index (χ1v) is 11.4. The molecule has 1 N–H and O–H groups in total. The molecule has 1 heterocycles. The Kier molecular flexibility index (Phi) is 6.71. The first-order chi connectivity index (χ1) is 15.8. The highest BCUT2D eigenvalue weighted by Gasteiger charge is 2.17. The quantitative estimate of drug-likeness (QED) is 0.317. The Morgan fingerprint density at radius 1 is 1.09 bits per heavy atom. The number of para-hydroxylation sites is 1. The number of carboxylic acids is 1. The summed E-state index contributed by atoms with van der Waals surface area (Å²) in [6.07, 6.45) is 0.511. The van der Waals surface area contributed by atoms with Gasteiger partial charge in [0.15, 0.2) is 11.9 Å².